The minimum Gasteiger partial charge on any atom is -0.489 e. The molecule has 3 N–H and O–H groups in total. The second-order valence-corrected chi connectivity index (χ2v) is 6.95. The molecular formula is C21H20N8O3. The first-order chi connectivity index (χ1) is 15.5. The van der Waals surface area contributed by atoms with E-state index in [1.54, 1.807) is 6.92 Å². The van der Waals surface area contributed by atoms with Crippen LogP contribution in [0.5, 0.6) is 5.75 Å². The van der Waals surface area contributed by atoms with Crippen LogP contribution in [0.15, 0.2) is 58.3 Å². The van der Waals surface area contributed by atoms with E-state index in [9.17, 15) is 4.79 Å². The van der Waals surface area contributed by atoms with Crippen LogP contribution in [-0.4, -0.2) is 37.4 Å². The Kier molecular flexibility index (Phi) is 5.88. The second kappa shape index (κ2) is 9.08. The topological polar surface area (TPSA) is 146 Å². The standard InChI is InChI=1S/C21H20N8O3/c1-13-3-5-16(6-4-13)12-31-17-9-7-15(8-10-17)11-23-25-21(30)18-14(2)24-28-29(18)20-19(22)26-32-27-20/h3-11H,12H2,1-2H3,(H2,22,26)(H,25,30). The van der Waals surface area contributed by atoms with Gasteiger partial charge in [-0.3, -0.25) is 4.79 Å². The molecule has 1 amide bonds. The normalized spacial score (nSPS) is 11.1. The van der Waals surface area contributed by atoms with E-state index < -0.39 is 5.91 Å². The smallest absolute Gasteiger partial charge is 0.292 e. The Morgan fingerprint density at radius 1 is 1.16 bits per heavy atom. The third-order valence-electron chi connectivity index (χ3n) is 4.54. The molecule has 0 aliphatic carbocycles. The van der Waals surface area contributed by atoms with E-state index >= 15 is 0 Å². The number of aromatic nitrogens is 5. The summed E-state index contributed by atoms with van der Waals surface area (Å²) in [6.07, 6.45) is 1.51. The number of rotatable bonds is 7. The maximum atomic E-state index is 12.6. The molecule has 0 aliphatic heterocycles. The van der Waals surface area contributed by atoms with Crippen molar-refractivity contribution >= 4 is 17.9 Å². The van der Waals surface area contributed by atoms with Crippen molar-refractivity contribution in [1.29, 1.82) is 0 Å². The van der Waals surface area contributed by atoms with E-state index in [0.29, 0.717) is 12.3 Å². The van der Waals surface area contributed by atoms with Gasteiger partial charge in [0.25, 0.3) is 5.91 Å². The zero-order valence-corrected chi connectivity index (χ0v) is 17.4. The number of nitrogens with two attached hydrogens (primary N) is 1. The third kappa shape index (κ3) is 4.61. The number of hydrazone groups is 1. The number of amides is 1. The summed E-state index contributed by atoms with van der Waals surface area (Å²) in [5.41, 5.74) is 11.7. The van der Waals surface area contributed by atoms with E-state index in [-0.39, 0.29) is 17.3 Å². The molecular weight excluding hydrogens is 412 g/mol. The highest BCUT2D eigenvalue weighted by Gasteiger charge is 2.22. The summed E-state index contributed by atoms with van der Waals surface area (Å²) in [7, 11) is 0. The van der Waals surface area contributed by atoms with Gasteiger partial charge in [-0.25, -0.2) is 10.1 Å². The molecule has 0 unspecified atom stereocenters. The van der Waals surface area contributed by atoms with Crippen LogP contribution < -0.4 is 15.9 Å². The molecule has 2 aromatic heterocycles. The van der Waals surface area contributed by atoms with E-state index in [1.807, 2.05) is 43.3 Å². The molecule has 0 radical (unpaired) electrons. The van der Waals surface area contributed by atoms with Crippen LogP contribution in [0.4, 0.5) is 5.82 Å². The summed E-state index contributed by atoms with van der Waals surface area (Å²) in [6.45, 7) is 4.15. The fourth-order valence-electron chi connectivity index (χ4n) is 2.82. The van der Waals surface area contributed by atoms with Crippen molar-refractivity contribution in [2.45, 2.75) is 20.5 Å². The quantitative estimate of drug-likeness (QED) is 0.334. The van der Waals surface area contributed by atoms with Crippen molar-refractivity contribution in [1.82, 2.24) is 30.7 Å². The van der Waals surface area contributed by atoms with Crippen molar-refractivity contribution in [3.05, 3.63) is 76.6 Å². The van der Waals surface area contributed by atoms with Crippen LogP contribution in [0.3, 0.4) is 0 Å². The van der Waals surface area contributed by atoms with E-state index in [0.717, 1.165) is 21.6 Å². The van der Waals surface area contributed by atoms with Gasteiger partial charge in [0.05, 0.1) is 11.9 Å². The molecule has 0 atom stereocenters. The van der Waals surface area contributed by atoms with Gasteiger partial charge in [0.2, 0.25) is 11.6 Å². The summed E-state index contributed by atoms with van der Waals surface area (Å²) in [4.78, 5) is 12.6. The largest absolute Gasteiger partial charge is 0.489 e. The Morgan fingerprint density at radius 3 is 2.59 bits per heavy atom. The number of anilines is 1. The molecule has 32 heavy (non-hydrogen) atoms. The van der Waals surface area contributed by atoms with Crippen LogP contribution in [0, 0.1) is 13.8 Å². The zero-order valence-electron chi connectivity index (χ0n) is 17.4. The van der Waals surface area contributed by atoms with Crippen molar-refractivity contribution in [2.24, 2.45) is 5.10 Å². The molecule has 2 heterocycles. The van der Waals surface area contributed by atoms with Gasteiger partial charge in [-0.1, -0.05) is 35.0 Å². The van der Waals surface area contributed by atoms with Gasteiger partial charge >= 0.3 is 0 Å². The number of nitrogens with zero attached hydrogens (tertiary/aromatic N) is 6. The molecule has 11 nitrogen and oxygen atoms in total. The molecule has 0 fully saturated rings. The minimum absolute atomic E-state index is 0.0165. The molecule has 4 rings (SSSR count). The second-order valence-electron chi connectivity index (χ2n) is 6.95. The van der Waals surface area contributed by atoms with Crippen LogP contribution >= 0.6 is 0 Å². The maximum absolute atomic E-state index is 12.6. The molecule has 0 aliphatic rings. The lowest BCUT2D eigenvalue weighted by Crippen LogP contribution is -2.22. The lowest BCUT2D eigenvalue weighted by atomic mass is 10.2. The van der Waals surface area contributed by atoms with Crippen molar-refractivity contribution in [2.75, 3.05) is 5.73 Å². The van der Waals surface area contributed by atoms with Gasteiger partial charge in [-0.15, -0.1) is 5.10 Å². The third-order valence-corrected chi connectivity index (χ3v) is 4.54. The number of hydrogen-bond acceptors (Lipinski definition) is 9. The number of aryl methyl sites for hydroxylation is 2. The number of carbonyl (C=O) groups is 1. The zero-order chi connectivity index (χ0) is 22.5. The molecule has 4 aromatic rings. The molecule has 0 saturated heterocycles. The molecule has 11 heteroatoms. The number of nitrogen functional groups attached to an aromatic ring is 1. The summed E-state index contributed by atoms with van der Waals surface area (Å²) < 4.78 is 11.5. The molecule has 0 spiro atoms. The first-order valence-electron chi connectivity index (χ1n) is 9.64. The van der Waals surface area contributed by atoms with Gasteiger partial charge in [0, 0.05) is 0 Å². The van der Waals surface area contributed by atoms with Crippen LogP contribution in [0.2, 0.25) is 0 Å². The molecule has 162 valence electrons. The first-order valence-corrected chi connectivity index (χ1v) is 9.64. The Balaban J connectivity index is 1.36. The fourth-order valence-corrected chi connectivity index (χ4v) is 2.82. The average molecular weight is 432 g/mol. The Hall–Kier alpha value is -4.54. The van der Waals surface area contributed by atoms with Crippen molar-refractivity contribution < 1.29 is 14.2 Å². The van der Waals surface area contributed by atoms with Crippen molar-refractivity contribution in [3.8, 4) is 11.6 Å². The van der Waals surface area contributed by atoms with Gasteiger partial charge in [-0.05, 0) is 59.6 Å². The highest BCUT2D eigenvalue weighted by Crippen LogP contribution is 2.16. The average Bonchev–Trinajstić information content (AvgIpc) is 3.39. The number of carbonyl (C=O) groups excluding carboxylic acids is 1. The van der Waals surface area contributed by atoms with Gasteiger partial charge in [-0.2, -0.15) is 9.78 Å². The maximum Gasteiger partial charge on any atom is 0.292 e. The number of ether oxygens (including phenoxy) is 1. The fraction of sp³-hybridized carbons (Fsp3) is 0.143. The summed E-state index contributed by atoms with van der Waals surface area (Å²) in [6, 6.07) is 15.5. The van der Waals surface area contributed by atoms with Crippen LogP contribution in [-0.2, 0) is 6.61 Å². The molecule has 0 saturated carbocycles. The van der Waals surface area contributed by atoms with E-state index in [2.05, 4.69) is 47.9 Å². The predicted molar refractivity (Wildman–Crippen MR) is 115 cm³/mol. The van der Waals surface area contributed by atoms with Crippen LogP contribution in [0.25, 0.3) is 5.82 Å². The highest BCUT2D eigenvalue weighted by molar-refractivity contribution is 5.94. The summed E-state index contributed by atoms with van der Waals surface area (Å²) >= 11 is 0. The van der Waals surface area contributed by atoms with Gasteiger partial charge in [0.15, 0.2) is 5.69 Å². The van der Waals surface area contributed by atoms with Gasteiger partial charge in [0.1, 0.15) is 12.4 Å². The lowest BCUT2D eigenvalue weighted by molar-refractivity contribution is 0.0946. The summed E-state index contributed by atoms with van der Waals surface area (Å²) in [5.74, 6) is 0.249. The SMILES string of the molecule is Cc1ccc(COc2ccc(C=NNC(=O)c3c(C)nnn3-c3nonc3N)cc2)cc1. The predicted octanol–water partition coefficient (Wildman–Crippen LogP) is 2.19. The molecule has 0 bridgehead atoms. The Bertz CT molecular complexity index is 1240. The highest BCUT2D eigenvalue weighted by atomic mass is 16.6. The summed E-state index contributed by atoms with van der Waals surface area (Å²) in [5, 5.41) is 18.8. The Morgan fingerprint density at radius 2 is 1.91 bits per heavy atom. The minimum atomic E-state index is -0.538. The van der Waals surface area contributed by atoms with Crippen LogP contribution in [0.1, 0.15) is 32.9 Å². The van der Waals surface area contributed by atoms with E-state index in [4.69, 9.17) is 10.5 Å². The monoisotopic (exact) mass is 432 g/mol. The number of benzene rings is 2. The Labute approximate surface area is 182 Å². The lowest BCUT2D eigenvalue weighted by Gasteiger charge is -2.07. The molecule has 2 aromatic carbocycles. The first kappa shape index (κ1) is 20.7. The van der Waals surface area contributed by atoms with E-state index in [1.165, 1.54) is 11.8 Å². The van der Waals surface area contributed by atoms with Gasteiger partial charge < -0.3 is 10.5 Å². The number of hydrogen-bond donors (Lipinski definition) is 2. The number of nitrogens with one attached hydrogen (secondary N) is 1. The van der Waals surface area contributed by atoms with Crippen molar-refractivity contribution in [3.63, 3.8) is 0 Å².